The van der Waals surface area contributed by atoms with Gasteiger partial charge in [0.05, 0.1) is 11.5 Å². The molecule has 0 aromatic heterocycles. The van der Waals surface area contributed by atoms with Crippen LogP contribution in [0.2, 0.25) is 0 Å². The molecule has 106 valence electrons. The topological polar surface area (TPSA) is 23.8 Å². The van der Waals surface area contributed by atoms with Gasteiger partial charge in [0.1, 0.15) is 0 Å². The molecule has 0 unspecified atom stereocenters. The number of aryl methyl sites for hydroxylation is 3. The fourth-order valence-corrected chi connectivity index (χ4v) is 3.38. The summed E-state index contributed by atoms with van der Waals surface area (Å²) in [5, 5.41) is 9.48. The highest BCUT2D eigenvalue weighted by molar-refractivity contribution is 5.45. The highest BCUT2D eigenvalue weighted by Gasteiger charge is 2.25. The van der Waals surface area contributed by atoms with E-state index in [4.69, 9.17) is 0 Å². The molecular weight excluding hydrogens is 254 g/mol. The summed E-state index contributed by atoms with van der Waals surface area (Å²) in [6.45, 7) is 4.05. The molecule has 0 spiro atoms. The first kappa shape index (κ1) is 13.9. The lowest BCUT2D eigenvalue weighted by molar-refractivity contribution is 0.667. The van der Waals surface area contributed by atoms with Crippen LogP contribution >= 0.6 is 0 Å². The molecule has 0 aliphatic heterocycles. The van der Waals surface area contributed by atoms with Crippen molar-refractivity contribution in [2.75, 3.05) is 0 Å². The minimum atomic E-state index is -0.413. The van der Waals surface area contributed by atoms with Gasteiger partial charge in [0.2, 0.25) is 0 Å². The van der Waals surface area contributed by atoms with E-state index in [1.54, 1.807) is 0 Å². The molecule has 0 saturated carbocycles. The fourth-order valence-electron chi connectivity index (χ4n) is 3.38. The van der Waals surface area contributed by atoms with Gasteiger partial charge in [0.25, 0.3) is 0 Å². The van der Waals surface area contributed by atoms with Crippen molar-refractivity contribution >= 4 is 0 Å². The van der Waals surface area contributed by atoms with Crippen LogP contribution in [0.1, 0.15) is 41.7 Å². The van der Waals surface area contributed by atoms with Crippen LogP contribution in [0.15, 0.2) is 42.5 Å². The largest absolute Gasteiger partial charge is 0.197 e. The average Bonchev–Trinajstić information content (AvgIpc) is 2.49. The molecule has 1 aliphatic carbocycles. The standard InChI is InChI=1S/C20H21N/c1-20(2,14-21)19-9-5-8-17-11-10-15-6-3-4-7-16(15)12-13-18(17)19/h3-9H,10-13H2,1-2H3. The van der Waals surface area contributed by atoms with Crippen LogP contribution in [-0.4, -0.2) is 0 Å². The van der Waals surface area contributed by atoms with E-state index in [0.29, 0.717) is 0 Å². The number of hydrogen-bond acceptors (Lipinski definition) is 1. The first-order chi connectivity index (χ1) is 10.1. The molecule has 0 N–H and O–H groups in total. The van der Waals surface area contributed by atoms with E-state index in [9.17, 15) is 5.26 Å². The van der Waals surface area contributed by atoms with E-state index in [0.717, 1.165) is 25.7 Å². The Morgan fingerprint density at radius 2 is 1.38 bits per heavy atom. The normalized spacial score (nSPS) is 14.3. The van der Waals surface area contributed by atoms with E-state index in [-0.39, 0.29) is 0 Å². The number of benzene rings is 2. The lowest BCUT2D eigenvalue weighted by atomic mass is 9.78. The molecule has 0 saturated heterocycles. The van der Waals surface area contributed by atoms with Gasteiger partial charge in [-0.05, 0) is 67.3 Å². The van der Waals surface area contributed by atoms with Crippen LogP contribution in [0.25, 0.3) is 0 Å². The smallest absolute Gasteiger partial charge is 0.0769 e. The maximum Gasteiger partial charge on any atom is 0.0769 e. The Morgan fingerprint density at radius 1 is 0.810 bits per heavy atom. The van der Waals surface area contributed by atoms with Gasteiger partial charge in [-0.2, -0.15) is 5.26 Å². The minimum absolute atomic E-state index is 0.413. The number of fused-ring (bicyclic) bond motifs is 2. The first-order valence-corrected chi connectivity index (χ1v) is 7.71. The molecule has 2 aromatic rings. The molecule has 1 heteroatoms. The summed E-state index contributed by atoms with van der Waals surface area (Å²) < 4.78 is 0. The summed E-state index contributed by atoms with van der Waals surface area (Å²) >= 11 is 0. The summed E-state index contributed by atoms with van der Waals surface area (Å²) in [5.41, 5.74) is 6.57. The van der Waals surface area contributed by atoms with Crippen molar-refractivity contribution in [3.05, 3.63) is 70.3 Å². The van der Waals surface area contributed by atoms with Crippen molar-refractivity contribution < 1.29 is 0 Å². The van der Waals surface area contributed by atoms with Crippen molar-refractivity contribution in [1.29, 1.82) is 5.26 Å². The third kappa shape index (κ3) is 2.59. The Labute approximate surface area is 127 Å². The zero-order chi connectivity index (χ0) is 14.9. The monoisotopic (exact) mass is 275 g/mol. The van der Waals surface area contributed by atoms with E-state index >= 15 is 0 Å². The van der Waals surface area contributed by atoms with Crippen LogP contribution in [0.4, 0.5) is 0 Å². The van der Waals surface area contributed by atoms with Crippen LogP contribution in [0, 0.1) is 11.3 Å². The van der Waals surface area contributed by atoms with Crippen molar-refractivity contribution in [3.8, 4) is 6.07 Å². The van der Waals surface area contributed by atoms with Gasteiger partial charge in [-0.1, -0.05) is 42.5 Å². The molecule has 0 fully saturated rings. The molecule has 2 aromatic carbocycles. The van der Waals surface area contributed by atoms with E-state index in [1.165, 1.54) is 27.8 Å². The first-order valence-electron chi connectivity index (χ1n) is 7.71. The highest BCUT2D eigenvalue weighted by Crippen LogP contribution is 2.31. The summed E-state index contributed by atoms with van der Waals surface area (Å²) in [6.07, 6.45) is 4.27. The molecule has 0 atom stereocenters. The Morgan fingerprint density at radius 3 is 2.05 bits per heavy atom. The van der Waals surface area contributed by atoms with E-state index in [1.807, 2.05) is 13.8 Å². The van der Waals surface area contributed by atoms with Crippen molar-refractivity contribution in [2.45, 2.75) is 44.9 Å². The third-order valence-electron chi connectivity index (χ3n) is 4.65. The summed E-state index contributed by atoms with van der Waals surface area (Å²) in [7, 11) is 0. The second-order valence-electron chi connectivity index (χ2n) is 6.45. The summed E-state index contributed by atoms with van der Waals surface area (Å²) in [4.78, 5) is 0. The van der Waals surface area contributed by atoms with Crippen LogP contribution in [0.5, 0.6) is 0 Å². The number of rotatable bonds is 1. The summed E-state index contributed by atoms with van der Waals surface area (Å²) in [5.74, 6) is 0. The molecule has 0 heterocycles. The molecule has 0 radical (unpaired) electrons. The summed E-state index contributed by atoms with van der Waals surface area (Å²) in [6, 6.07) is 17.7. The van der Waals surface area contributed by atoms with Gasteiger partial charge >= 0.3 is 0 Å². The van der Waals surface area contributed by atoms with Gasteiger partial charge < -0.3 is 0 Å². The Bertz CT molecular complexity index is 704. The van der Waals surface area contributed by atoms with Gasteiger partial charge in [-0.3, -0.25) is 0 Å². The van der Waals surface area contributed by atoms with Crippen LogP contribution < -0.4 is 0 Å². The second kappa shape index (κ2) is 5.37. The predicted molar refractivity (Wildman–Crippen MR) is 86.3 cm³/mol. The predicted octanol–water partition coefficient (Wildman–Crippen LogP) is 4.37. The zero-order valence-electron chi connectivity index (χ0n) is 12.8. The second-order valence-corrected chi connectivity index (χ2v) is 6.45. The molecule has 1 nitrogen and oxygen atoms in total. The maximum atomic E-state index is 9.48. The lowest BCUT2D eigenvalue weighted by Gasteiger charge is -2.25. The molecule has 0 amide bonds. The Hall–Kier alpha value is -2.07. The van der Waals surface area contributed by atoms with Crippen molar-refractivity contribution in [2.24, 2.45) is 0 Å². The van der Waals surface area contributed by atoms with Gasteiger partial charge in [-0.15, -0.1) is 0 Å². The van der Waals surface area contributed by atoms with Crippen molar-refractivity contribution in [1.82, 2.24) is 0 Å². The third-order valence-corrected chi connectivity index (χ3v) is 4.65. The Kier molecular flexibility index (Phi) is 3.55. The fraction of sp³-hybridized carbons (Fsp3) is 0.350. The molecule has 3 rings (SSSR count). The zero-order valence-corrected chi connectivity index (χ0v) is 12.8. The van der Waals surface area contributed by atoms with Crippen LogP contribution in [0.3, 0.4) is 0 Å². The number of nitriles is 1. The average molecular weight is 275 g/mol. The minimum Gasteiger partial charge on any atom is -0.197 e. The SMILES string of the molecule is CC(C)(C#N)c1cccc2c1CCc1ccccc1CC2. The molecule has 0 bridgehead atoms. The number of nitrogens with zero attached hydrogens (tertiary/aromatic N) is 1. The lowest BCUT2D eigenvalue weighted by Crippen LogP contribution is -2.19. The van der Waals surface area contributed by atoms with Crippen molar-refractivity contribution in [3.63, 3.8) is 0 Å². The molecule has 21 heavy (non-hydrogen) atoms. The van der Waals surface area contributed by atoms with Gasteiger partial charge in [0, 0.05) is 0 Å². The van der Waals surface area contributed by atoms with Gasteiger partial charge in [0.15, 0.2) is 0 Å². The van der Waals surface area contributed by atoms with Crippen LogP contribution in [-0.2, 0) is 31.1 Å². The van der Waals surface area contributed by atoms with Gasteiger partial charge in [-0.25, -0.2) is 0 Å². The molecule has 1 aliphatic rings. The quantitative estimate of drug-likeness (QED) is 0.758. The van der Waals surface area contributed by atoms with E-state index < -0.39 is 5.41 Å². The maximum absolute atomic E-state index is 9.48. The number of hydrogen-bond donors (Lipinski definition) is 0. The molecular formula is C20H21N. The highest BCUT2D eigenvalue weighted by atomic mass is 14.3. The Balaban J connectivity index is 2.04. The van der Waals surface area contributed by atoms with E-state index in [2.05, 4.69) is 48.5 Å².